The Morgan fingerprint density at radius 2 is 1.66 bits per heavy atom. The molecule has 0 saturated carbocycles. The number of benzene rings is 1. The summed E-state index contributed by atoms with van der Waals surface area (Å²) in [5.74, 6) is 0. The molecule has 1 aromatic carbocycles. The fourth-order valence-electron chi connectivity index (χ4n) is 2.35. The second kappa shape index (κ2) is 13.1. The third kappa shape index (κ3) is 10.1. The van der Waals surface area contributed by atoms with E-state index in [1.54, 1.807) is 12.2 Å². The Hall–Kier alpha value is -2.58. The maximum Gasteiger partial charge on any atom is 0.407 e. The van der Waals surface area contributed by atoms with Gasteiger partial charge in [0.1, 0.15) is 13.2 Å². The second-order valence-corrected chi connectivity index (χ2v) is 13.9. The van der Waals surface area contributed by atoms with E-state index in [1.807, 2.05) is 30.3 Å². The zero-order chi connectivity index (χ0) is 24.2. The first-order valence-corrected chi connectivity index (χ1v) is 13.7. The summed E-state index contributed by atoms with van der Waals surface area (Å²) in [7, 11) is -1.95. The lowest BCUT2D eigenvalue weighted by Crippen LogP contribution is -2.46. The van der Waals surface area contributed by atoms with Crippen LogP contribution in [0.5, 0.6) is 0 Å². The van der Waals surface area contributed by atoms with Crippen molar-refractivity contribution in [2.45, 2.75) is 64.0 Å². The molecule has 178 valence electrons. The molecule has 2 amide bonds. The van der Waals surface area contributed by atoms with Gasteiger partial charge in [0, 0.05) is 0 Å². The van der Waals surface area contributed by atoms with E-state index in [2.05, 4.69) is 57.7 Å². The molecule has 2 N–H and O–H groups in total. The summed E-state index contributed by atoms with van der Waals surface area (Å²) in [4.78, 5) is 24.3. The van der Waals surface area contributed by atoms with Crippen LogP contribution in [0.1, 0.15) is 32.8 Å². The van der Waals surface area contributed by atoms with Crippen LogP contribution in [0.25, 0.3) is 0 Å². The molecule has 0 saturated heterocycles. The SMILES string of the molecule is C=CCC(COC(=O)NC(C=C)CO[Si](C)(C)C(C)(C)C)NC(=O)OCc1ccccc1. The Morgan fingerprint density at radius 3 is 2.22 bits per heavy atom. The van der Waals surface area contributed by atoms with Gasteiger partial charge in [0.25, 0.3) is 0 Å². The van der Waals surface area contributed by atoms with Crippen molar-refractivity contribution in [1.29, 1.82) is 0 Å². The van der Waals surface area contributed by atoms with Crippen LogP contribution in [0.15, 0.2) is 55.6 Å². The molecular weight excluding hydrogens is 424 g/mol. The second-order valence-electron chi connectivity index (χ2n) is 9.08. The van der Waals surface area contributed by atoms with Gasteiger partial charge in [-0.05, 0) is 30.1 Å². The molecule has 0 radical (unpaired) electrons. The maximum atomic E-state index is 12.2. The topological polar surface area (TPSA) is 85.9 Å². The highest BCUT2D eigenvalue weighted by Crippen LogP contribution is 2.36. The normalized spacial score (nSPS) is 13.4. The van der Waals surface area contributed by atoms with Crippen LogP contribution in [0.4, 0.5) is 9.59 Å². The van der Waals surface area contributed by atoms with E-state index in [0.717, 1.165) is 5.56 Å². The van der Waals surface area contributed by atoms with E-state index < -0.39 is 26.5 Å². The quantitative estimate of drug-likeness (QED) is 0.331. The molecule has 0 spiro atoms. The first-order valence-electron chi connectivity index (χ1n) is 10.8. The first kappa shape index (κ1) is 27.5. The van der Waals surface area contributed by atoms with Gasteiger partial charge in [-0.15, -0.1) is 13.2 Å². The Labute approximate surface area is 193 Å². The molecule has 0 aliphatic heterocycles. The number of carbonyl (C=O) groups is 2. The highest BCUT2D eigenvalue weighted by Gasteiger charge is 2.37. The lowest BCUT2D eigenvalue weighted by atomic mass is 10.2. The summed E-state index contributed by atoms with van der Waals surface area (Å²) in [5.41, 5.74) is 0.883. The monoisotopic (exact) mass is 462 g/mol. The molecule has 0 aliphatic carbocycles. The van der Waals surface area contributed by atoms with E-state index in [9.17, 15) is 9.59 Å². The van der Waals surface area contributed by atoms with Crippen LogP contribution in [0.3, 0.4) is 0 Å². The molecular formula is C24H38N2O5Si. The van der Waals surface area contributed by atoms with Crippen molar-refractivity contribution in [3.8, 4) is 0 Å². The minimum absolute atomic E-state index is 0.0226. The Bertz CT molecular complexity index is 747. The summed E-state index contributed by atoms with van der Waals surface area (Å²) in [6.45, 7) is 18.7. The van der Waals surface area contributed by atoms with Crippen LogP contribution in [-0.2, 0) is 20.5 Å². The van der Waals surface area contributed by atoms with Gasteiger partial charge in [-0.25, -0.2) is 9.59 Å². The fourth-order valence-corrected chi connectivity index (χ4v) is 3.38. The Balaban J connectivity index is 2.47. The van der Waals surface area contributed by atoms with Gasteiger partial charge in [0.2, 0.25) is 0 Å². The lowest BCUT2D eigenvalue weighted by molar-refractivity contribution is 0.113. The predicted molar refractivity (Wildman–Crippen MR) is 130 cm³/mol. The van der Waals surface area contributed by atoms with Crippen LogP contribution in [-0.4, -0.2) is 45.8 Å². The zero-order valence-electron chi connectivity index (χ0n) is 20.0. The van der Waals surface area contributed by atoms with Gasteiger partial charge in [-0.1, -0.05) is 63.3 Å². The Morgan fingerprint density at radius 1 is 1.03 bits per heavy atom. The molecule has 1 aromatic rings. The highest BCUT2D eigenvalue weighted by atomic mass is 28.4. The van der Waals surface area contributed by atoms with Gasteiger partial charge >= 0.3 is 12.2 Å². The van der Waals surface area contributed by atoms with Crippen molar-refractivity contribution in [3.05, 3.63) is 61.2 Å². The maximum absolute atomic E-state index is 12.2. The summed E-state index contributed by atoms with van der Waals surface area (Å²) in [6, 6.07) is 8.54. The Kier molecular flexibility index (Phi) is 11.2. The van der Waals surface area contributed by atoms with Crippen LogP contribution in [0, 0.1) is 0 Å². The van der Waals surface area contributed by atoms with Crippen molar-refractivity contribution in [2.75, 3.05) is 13.2 Å². The lowest BCUT2D eigenvalue weighted by Gasteiger charge is -2.37. The fraction of sp³-hybridized carbons (Fsp3) is 0.500. The van der Waals surface area contributed by atoms with Crippen molar-refractivity contribution >= 4 is 20.5 Å². The molecule has 8 heteroatoms. The molecule has 0 heterocycles. The summed E-state index contributed by atoms with van der Waals surface area (Å²) < 4.78 is 16.6. The van der Waals surface area contributed by atoms with Gasteiger partial charge in [-0.3, -0.25) is 0 Å². The van der Waals surface area contributed by atoms with Gasteiger partial charge < -0.3 is 24.5 Å². The minimum atomic E-state index is -1.95. The predicted octanol–water partition coefficient (Wildman–Crippen LogP) is 5.16. The van der Waals surface area contributed by atoms with Crippen molar-refractivity contribution in [1.82, 2.24) is 10.6 Å². The molecule has 32 heavy (non-hydrogen) atoms. The third-order valence-corrected chi connectivity index (χ3v) is 9.92. The summed E-state index contributed by atoms with van der Waals surface area (Å²) >= 11 is 0. The van der Waals surface area contributed by atoms with Crippen molar-refractivity contribution < 1.29 is 23.5 Å². The van der Waals surface area contributed by atoms with Gasteiger partial charge in [0.05, 0.1) is 18.7 Å². The zero-order valence-corrected chi connectivity index (χ0v) is 21.0. The summed E-state index contributed by atoms with van der Waals surface area (Å²) in [6.07, 6.45) is 2.49. The van der Waals surface area contributed by atoms with Crippen LogP contribution >= 0.6 is 0 Å². The third-order valence-electron chi connectivity index (χ3n) is 5.42. The number of nitrogens with one attached hydrogen (secondary N) is 2. The number of ether oxygens (including phenoxy) is 2. The number of alkyl carbamates (subject to hydrolysis) is 2. The number of carbonyl (C=O) groups excluding carboxylic acids is 2. The van der Waals surface area contributed by atoms with E-state index >= 15 is 0 Å². The molecule has 1 rings (SSSR count). The minimum Gasteiger partial charge on any atom is -0.447 e. The van der Waals surface area contributed by atoms with Crippen molar-refractivity contribution in [2.24, 2.45) is 0 Å². The van der Waals surface area contributed by atoms with E-state index in [4.69, 9.17) is 13.9 Å². The van der Waals surface area contributed by atoms with E-state index in [-0.39, 0.29) is 24.3 Å². The number of rotatable bonds is 12. The molecule has 2 unspecified atom stereocenters. The standard InChI is InChI=1S/C24H38N2O5Si/c1-8-13-21(26-23(28)29-16-19-14-11-10-12-15-19)17-30-22(27)25-20(9-2)18-31-32(6,7)24(3,4)5/h8-12,14-15,20-21H,1-2,13,16-18H2,3-7H3,(H,25,27)(H,26,28). The van der Waals surface area contributed by atoms with Crippen LogP contribution < -0.4 is 10.6 Å². The molecule has 0 aliphatic rings. The van der Waals surface area contributed by atoms with E-state index in [1.165, 1.54) is 0 Å². The van der Waals surface area contributed by atoms with Gasteiger partial charge in [0.15, 0.2) is 8.32 Å². The van der Waals surface area contributed by atoms with Crippen LogP contribution in [0.2, 0.25) is 18.1 Å². The first-order chi connectivity index (χ1) is 15.0. The molecule has 0 aromatic heterocycles. The smallest absolute Gasteiger partial charge is 0.407 e. The largest absolute Gasteiger partial charge is 0.447 e. The number of amides is 2. The average Bonchev–Trinajstić information content (AvgIpc) is 2.73. The van der Waals surface area contributed by atoms with E-state index in [0.29, 0.717) is 13.0 Å². The average molecular weight is 463 g/mol. The molecule has 0 fully saturated rings. The molecule has 7 nitrogen and oxygen atoms in total. The van der Waals surface area contributed by atoms with Crippen molar-refractivity contribution in [3.63, 3.8) is 0 Å². The number of hydrogen-bond acceptors (Lipinski definition) is 5. The molecule has 2 atom stereocenters. The highest BCUT2D eigenvalue weighted by molar-refractivity contribution is 6.74. The van der Waals surface area contributed by atoms with Gasteiger partial charge in [-0.2, -0.15) is 0 Å². The summed E-state index contributed by atoms with van der Waals surface area (Å²) in [5, 5.41) is 5.50. The molecule has 0 bridgehead atoms. The number of hydrogen-bond donors (Lipinski definition) is 2.